The van der Waals surface area contributed by atoms with Gasteiger partial charge in [-0.3, -0.25) is 10.1 Å². The molecule has 2 aromatic rings. The fourth-order valence-electron chi connectivity index (χ4n) is 1.48. The van der Waals surface area contributed by atoms with E-state index in [-0.39, 0.29) is 32.8 Å². The van der Waals surface area contributed by atoms with Gasteiger partial charge in [0, 0.05) is 12.1 Å². The van der Waals surface area contributed by atoms with Crippen molar-refractivity contribution in [1.82, 2.24) is 0 Å². The number of non-ortho nitro benzene ring substituents is 1. The number of hydrogen-bond donors (Lipinski definition) is 0. The van der Waals surface area contributed by atoms with Crippen LogP contribution in [0.1, 0.15) is 10.6 Å². The number of carbonyl (C=O) groups excluding carboxylic acids is 1. The van der Waals surface area contributed by atoms with Gasteiger partial charge in [-0.1, -0.05) is 23.2 Å². The Kier molecular flexibility index (Phi) is 3.46. The molecule has 0 aliphatic rings. The highest BCUT2D eigenvalue weighted by molar-refractivity contribution is 6.39. The number of rotatable bonds is 3. The SMILES string of the molecule is O=C([O-])c1ccc(-c2c(Cl)cc([N+](=O)[O-])cc2Cl)o1. The molecule has 2 rings (SSSR count). The van der Waals surface area contributed by atoms with E-state index in [4.69, 9.17) is 27.6 Å². The van der Waals surface area contributed by atoms with Crippen molar-refractivity contribution in [3.63, 3.8) is 0 Å². The van der Waals surface area contributed by atoms with E-state index in [9.17, 15) is 20.0 Å². The summed E-state index contributed by atoms with van der Waals surface area (Å²) in [6.07, 6.45) is 0. The Bertz CT molecular complexity index is 656. The van der Waals surface area contributed by atoms with E-state index >= 15 is 0 Å². The van der Waals surface area contributed by atoms with Gasteiger partial charge in [-0.25, -0.2) is 0 Å². The molecule has 0 unspecified atom stereocenters. The second-order valence-electron chi connectivity index (χ2n) is 3.49. The number of nitrogens with zero attached hydrogens (tertiary/aromatic N) is 1. The number of aromatic carboxylic acids is 1. The van der Waals surface area contributed by atoms with E-state index in [1.54, 1.807) is 0 Å². The van der Waals surface area contributed by atoms with Gasteiger partial charge in [0.05, 0.1) is 20.5 Å². The van der Waals surface area contributed by atoms with Gasteiger partial charge in [0.15, 0.2) is 0 Å². The summed E-state index contributed by atoms with van der Waals surface area (Å²) in [5.74, 6) is -1.79. The molecule has 1 aromatic heterocycles. The lowest BCUT2D eigenvalue weighted by Crippen LogP contribution is -2.21. The first kappa shape index (κ1) is 13.4. The molecule has 0 saturated carbocycles. The van der Waals surface area contributed by atoms with Crippen LogP contribution in [0, 0.1) is 10.1 Å². The molecule has 0 aliphatic carbocycles. The highest BCUT2D eigenvalue weighted by atomic mass is 35.5. The molecule has 0 bridgehead atoms. The number of benzene rings is 1. The fourth-order valence-corrected chi connectivity index (χ4v) is 2.14. The number of halogens is 2. The second-order valence-corrected chi connectivity index (χ2v) is 4.31. The minimum Gasteiger partial charge on any atom is -0.542 e. The van der Waals surface area contributed by atoms with Crippen LogP contribution in [0.25, 0.3) is 11.3 Å². The van der Waals surface area contributed by atoms with Crippen molar-refractivity contribution in [1.29, 1.82) is 0 Å². The summed E-state index contributed by atoms with van der Waals surface area (Å²) in [5.41, 5.74) is -0.0909. The van der Waals surface area contributed by atoms with E-state index < -0.39 is 10.9 Å². The summed E-state index contributed by atoms with van der Waals surface area (Å²) in [4.78, 5) is 20.6. The van der Waals surface area contributed by atoms with Crippen LogP contribution in [0.2, 0.25) is 10.0 Å². The third-order valence-corrected chi connectivity index (χ3v) is 2.89. The third kappa shape index (κ3) is 2.54. The summed E-state index contributed by atoms with van der Waals surface area (Å²) < 4.78 is 4.99. The summed E-state index contributed by atoms with van der Waals surface area (Å²) in [5, 5.41) is 21.2. The Morgan fingerprint density at radius 1 is 1.21 bits per heavy atom. The van der Waals surface area contributed by atoms with Crippen molar-refractivity contribution in [3.05, 3.63) is 50.2 Å². The third-order valence-electron chi connectivity index (χ3n) is 2.29. The molecule has 0 amide bonds. The van der Waals surface area contributed by atoms with Crippen LogP contribution in [-0.4, -0.2) is 10.9 Å². The second kappa shape index (κ2) is 4.91. The van der Waals surface area contributed by atoms with Crippen LogP contribution < -0.4 is 5.11 Å². The lowest BCUT2D eigenvalue weighted by atomic mass is 10.1. The first-order valence-corrected chi connectivity index (χ1v) is 5.60. The van der Waals surface area contributed by atoms with Crippen LogP contribution in [-0.2, 0) is 0 Å². The highest BCUT2D eigenvalue weighted by Crippen LogP contribution is 2.38. The predicted octanol–water partition coefficient (Wildman–Crippen LogP) is 2.53. The molecule has 0 fully saturated rings. The van der Waals surface area contributed by atoms with Gasteiger partial charge in [0.25, 0.3) is 5.69 Å². The Balaban J connectivity index is 2.55. The lowest BCUT2D eigenvalue weighted by Gasteiger charge is -2.04. The largest absolute Gasteiger partial charge is 0.542 e. The number of nitro benzene ring substituents is 1. The highest BCUT2D eigenvalue weighted by Gasteiger charge is 2.18. The van der Waals surface area contributed by atoms with Crippen molar-refractivity contribution in [2.75, 3.05) is 0 Å². The van der Waals surface area contributed by atoms with Crippen LogP contribution in [0.4, 0.5) is 5.69 Å². The zero-order valence-electron chi connectivity index (χ0n) is 9.05. The van der Waals surface area contributed by atoms with Crippen molar-refractivity contribution in [3.8, 4) is 11.3 Å². The Hall–Kier alpha value is -2.05. The van der Waals surface area contributed by atoms with Gasteiger partial charge in [-0.2, -0.15) is 0 Å². The van der Waals surface area contributed by atoms with Crippen molar-refractivity contribution < 1.29 is 19.2 Å². The number of hydrogen-bond acceptors (Lipinski definition) is 5. The first-order chi connectivity index (χ1) is 8.90. The molecule has 0 N–H and O–H groups in total. The molecular formula is C11H4Cl2NO5-. The van der Waals surface area contributed by atoms with Crippen molar-refractivity contribution in [2.24, 2.45) is 0 Å². The predicted molar refractivity (Wildman–Crippen MR) is 65.1 cm³/mol. The maximum Gasteiger partial charge on any atom is 0.272 e. The minimum atomic E-state index is -1.49. The summed E-state index contributed by atoms with van der Waals surface area (Å²) >= 11 is 11.8. The number of carboxylic acid groups (broad SMARTS) is 1. The number of furan rings is 1. The quantitative estimate of drug-likeness (QED) is 0.641. The van der Waals surface area contributed by atoms with Crippen LogP contribution in [0.15, 0.2) is 28.7 Å². The Morgan fingerprint density at radius 3 is 2.21 bits per heavy atom. The molecule has 0 saturated heterocycles. The zero-order valence-corrected chi connectivity index (χ0v) is 10.6. The molecule has 0 spiro atoms. The maximum absolute atomic E-state index is 10.6. The number of carbonyl (C=O) groups is 1. The van der Waals surface area contributed by atoms with Gasteiger partial charge in [0.1, 0.15) is 17.5 Å². The molecule has 98 valence electrons. The monoisotopic (exact) mass is 300 g/mol. The normalized spacial score (nSPS) is 10.4. The fraction of sp³-hybridized carbons (Fsp3) is 0. The average Bonchev–Trinajstić information content (AvgIpc) is 2.77. The smallest absolute Gasteiger partial charge is 0.272 e. The van der Waals surface area contributed by atoms with Gasteiger partial charge in [0.2, 0.25) is 0 Å². The van der Waals surface area contributed by atoms with Crippen LogP contribution in [0.3, 0.4) is 0 Å². The van der Waals surface area contributed by atoms with Crippen LogP contribution >= 0.6 is 23.2 Å². The molecular weight excluding hydrogens is 297 g/mol. The molecule has 19 heavy (non-hydrogen) atoms. The molecule has 1 aromatic carbocycles. The van der Waals surface area contributed by atoms with E-state index in [2.05, 4.69) is 0 Å². The molecule has 1 heterocycles. The van der Waals surface area contributed by atoms with Crippen LogP contribution in [0.5, 0.6) is 0 Å². The van der Waals surface area contributed by atoms with Crippen molar-refractivity contribution in [2.45, 2.75) is 0 Å². The van der Waals surface area contributed by atoms with Gasteiger partial charge < -0.3 is 14.3 Å². The molecule has 0 aliphatic heterocycles. The standard InChI is InChI=1S/C11H5Cl2NO5/c12-6-3-5(14(17)18)4-7(13)10(6)8-1-2-9(19-8)11(15)16/h1-4H,(H,15,16)/p-1. The van der Waals surface area contributed by atoms with Gasteiger partial charge in [-0.15, -0.1) is 0 Å². The average molecular weight is 301 g/mol. The van der Waals surface area contributed by atoms with E-state index in [1.807, 2.05) is 0 Å². The minimum absolute atomic E-state index is 0.0153. The molecule has 0 radical (unpaired) electrons. The lowest BCUT2D eigenvalue weighted by molar-refractivity contribution is -0.384. The number of carboxylic acids is 1. The molecule has 0 atom stereocenters. The first-order valence-electron chi connectivity index (χ1n) is 4.85. The van der Waals surface area contributed by atoms with Gasteiger partial charge >= 0.3 is 0 Å². The van der Waals surface area contributed by atoms with Crippen molar-refractivity contribution >= 4 is 34.9 Å². The van der Waals surface area contributed by atoms with E-state index in [0.717, 1.165) is 12.1 Å². The number of nitro groups is 1. The van der Waals surface area contributed by atoms with E-state index in [1.165, 1.54) is 12.1 Å². The van der Waals surface area contributed by atoms with Gasteiger partial charge in [-0.05, 0) is 12.1 Å². The maximum atomic E-state index is 10.6. The Labute approximate surface area is 116 Å². The topological polar surface area (TPSA) is 96.4 Å². The van der Waals surface area contributed by atoms with E-state index in [0.29, 0.717) is 0 Å². The zero-order chi connectivity index (χ0) is 14.2. The summed E-state index contributed by atoms with van der Waals surface area (Å²) in [6.45, 7) is 0. The summed E-state index contributed by atoms with van der Waals surface area (Å²) in [6, 6.07) is 4.72. The summed E-state index contributed by atoms with van der Waals surface area (Å²) in [7, 11) is 0. The Morgan fingerprint density at radius 2 is 1.79 bits per heavy atom. The molecule has 8 heteroatoms. The molecule has 6 nitrogen and oxygen atoms in total.